The molecule has 6 heteroatoms. The van der Waals surface area contributed by atoms with Crippen LogP contribution in [0.1, 0.15) is 19.3 Å². The number of hydrogen-bond donors (Lipinski definition) is 1. The van der Waals surface area contributed by atoms with Crippen molar-refractivity contribution in [3.05, 3.63) is 34.4 Å². The first kappa shape index (κ1) is 12.2. The second-order valence-corrected chi connectivity index (χ2v) is 4.05. The maximum atomic E-state index is 11.6. The van der Waals surface area contributed by atoms with Crippen molar-refractivity contribution in [2.45, 2.75) is 19.3 Å². The zero-order chi connectivity index (χ0) is 13.0. The van der Waals surface area contributed by atoms with Gasteiger partial charge in [0, 0.05) is 18.7 Å². The summed E-state index contributed by atoms with van der Waals surface area (Å²) in [5.74, 6) is -0.147. The molecule has 0 aliphatic carbocycles. The molecule has 0 bridgehead atoms. The van der Waals surface area contributed by atoms with Crippen molar-refractivity contribution in [2.24, 2.45) is 4.99 Å². The number of amides is 1. The molecule has 1 aromatic rings. The summed E-state index contributed by atoms with van der Waals surface area (Å²) in [4.78, 5) is 25.9. The maximum Gasteiger partial charge on any atom is 0.269 e. The minimum absolute atomic E-state index is 0.0178. The van der Waals surface area contributed by atoms with Gasteiger partial charge in [0.1, 0.15) is 5.71 Å². The van der Waals surface area contributed by atoms with Gasteiger partial charge in [0.05, 0.1) is 10.6 Å². The lowest BCUT2D eigenvalue weighted by Gasteiger charge is -2.01. The molecule has 0 spiro atoms. The van der Waals surface area contributed by atoms with E-state index in [2.05, 4.69) is 10.3 Å². The van der Waals surface area contributed by atoms with Gasteiger partial charge in [0.2, 0.25) is 0 Å². The van der Waals surface area contributed by atoms with Crippen molar-refractivity contribution in [1.29, 1.82) is 0 Å². The van der Waals surface area contributed by atoms with Gasteiger partial charge < -0.3 is 5.32 Å². The van der Waals surface area contributed by atoms with Gasteiger partial charge in [-0.2, -0.15) is 0 Å². The Morgan fingerprint density at radius 3 is 2.61 bits per heavy atom. The topological polar surface area (TPSA) is 84.6 Å². The van der Waals surface area contributed by atoms with Gasteiger partial charge in [-0.3, -0.25) is 14.9 Å². The number of aliphatic imine (C=N–C) groups is 1. The molecule has 1 N–H and O–H groups in total. The molecule has 0 aromatic heterocycles. The van der Waals surface area contributed by atoms with Gasteiger partial charge in [0.15, 0.2) is 0 Å². The maximum absolute atomic E-state index is 11.6. The smallest absolute Gasteiger partial charge is 0.269 e. The van der Waals surface area contributed by atoms with Gasteiger partial charge in [-0.1, -0.05) is 0 Å². The molecule has 1 fully saturated rings. The van der Waals surface area contributed by atoms with Crippen LogP contribution in [0.3, 0.4) is 0 Å². The third-order valence-corrected chi connectivity index (χ3v) is 2.71. The van der Waals surface area contributed by atoms with E-state index in [1.165, 1.54) is 12.1 Å². The second kappa shape index (κ2) is 5.39. The highest BCUT2D eigenvalue weighted by molar-refractivity contribution is 6.39. The van der Waals surface area contributed by atoms with Crippen molar-refractivity contribution in [3.8, 4) is 0 Å². The zero-order valence-corrected chi connectivity index (χ0v) is 9.76. The van der Waals surface area contributed by atoms with Crippen molar-refractivity contribution < 1.29 is 9.72 Å². The first-order valence-corrected chi connectivity index (χ1v) is 5.77. The van der Waals surface area contributed by atoms with Gasteiger partial charge in [-0.15, -0.1) is 0 Å². The Morgan fingerprint density at radius 2 is 1.94 bits per heavy atom. The fourth-order valence-corrected chi connectivity index (χ4v) is 1.75. The predicted octanol–water partition coefficient (Wildman–Crippen LogP) is 1.97. The fraction of sp³-hybridized carbons (Fsp3) is 0.333. The zero-order valence-electron chi connectivity index (χ0n) is 9.76. The molecule has 1 aromatic carbocycles. The lowest BCUT2D eigenvalue weighted by atomic mass is 10.2. The summed E-state index contributed by atoms with van der Waals surface area (Å²) in [5, 5.41) is 13.3. The van der Waals surface area contributed by atoms with Crippen LogP contribution >= 0.6 is 0 Å². The number of non-ortho nitro benzene ring substituents is 1. The average molecular weight is 247 g/mol. The molecular formula is C12H13N3O3. The van der Waals surface area contributed by atoms with Gasteiger partial charge in [-0.05, 0) is 31.4 Å². The Hall–Kier alpha value is -2.24. The molecule has 0 unspecified atom stereocenters. The number of hydrogen-bond acceptors (Lipinski definition) is 4. The van der Waals surface area contributed by atoms with Crippen molar-refractivity contribution in [3.63, 3.8) is 0 Å². The summed E-state index contributed by atoms with van der Waals surface area (Å²) in [6.07, 6.45) is 2.51. The Bertz CT molecular complexity index is 494. The van der Waals surface area contributed by atoms with E-state index in [9.17, 15) is 14.9 Å². The lowest BCUT2D eigenvalue weighted by Crippen LogP contribution is -2.28. The molecule has 1 saturated heterocycles. The van der Waals surface area contributed by atoms with Crippen LogP contribution in [0.5, 0.6) is 0 Å². The van der Waals surface area contributed by atoms with Crippen LogP contribution in [0.2, 0.25) is 0 Å². The summed E-state index contributed by atoms with van der Waals surface area (Å²) in [6.45, 7) is 0.679. The first-order valence-electron chi connectivity index (χ1n) is 5.77. The number of nitro benzene ring substituents is 1. The normalized spacial score (nSPS) is 18.2. The number of benzene rings is 1. The standard InChI is InChI=1S/C12H13N3O3/c16-12-11(3-1-2-8-13-12)14-9-4-6-10(7-5-9)15(17)18/h4-7H,1-3,8H2,(H,13,16). The molecule has 1 heterocycles. The molecule has 6 nitrogen and oxygen atoms in total. The number of carbonyl (C=O) groups excluding carboxylic acids is 1. The number of carbonyl (C=O) groups is 1. The Balaban J connectivity index is 2.20. The molecule has 1 aliphatic rings. The molecule has 18 heavy (non-hydrogen) atoms. The van der Waals surface area contributed by atoms with E-state index in [1.807, 2.05) is 0 Å². The summed E-state index contributed by atoms with van der Waals surface area (Å²) in [5.41, 5.74) is 1.07. The molecule has 1 amide bonds. The van der Waals surface area contributed by atoms with Gasteiger partial charge >= 0.3 is 0 Å². The van der Waals surface area contributed by atoms with Crippen molar-refractivity contribution in [2.75, 3.05) is 6.54 Å². The highest BCUT2D eigenvalue weighted by Gasteiger charge is 2.14. The lowest BCUT2D eigenvalue weighted by molar-refractivity contribution is -0.384. The number of nitrogens with zero attached hydrogens (tertiary/aromatic N) is 2. The summed E-state index contributed by atoms with van der Waals surface area (Å²) in [6, 6.07) is 5.86. The minimum atomic E-state index is -0.463. The van der Waals surface area contributed by atoms with Crippen LogP contribution in [-0.4, -0.2) is 23.1 Å². The number of nitrogens with one attached hydrogen (secondary N) is 1. The third kappa shape index (κ3) is 2.91. The quantitative estimate of drug-likeness (QED) is 0.640. The summed E-state index contributed by atoms with van der Waals surface area (Å²) in [7, 11) is 0. The van der Waals surface area contributed by atoms with Crippen LogP contribution < -0.4 is 5.32 Å². The molecule has 1 aliphatic heterocycles. The van der Waals surface area contributed by atoms with E-state index in [-0.39, 0.29) is 11.6 Å². The summed E-state index contributed by atoms with van der Waals surface area (Å²) < 4.78 is 0. The molecule has 94 valence electrons. The summed E-state index contributed by atoms with van der Waals surface area (Å²) >= 11 is 0. The number of nitro groups is 1. The molecule has 0 atom stereocenters. The van der Waals surface area contributed by atoms with Crippen molar-refractivity contribution in [1.82, 2.24) is 5.32 Å². The third-order valence-electron chi connectivity index (χ3n) is 2.71. The van der Waals surface area contributed by atoms with E-state index in [4.69, 9.17) is 0 Å². The monoisotopic (exact) mass is 247 g/mol. The second-order valence-electron chi connectivity index (χ2n) is 4.05. The van der Waals surface area contributed by atoms with Gasteiger partial charge in [-0.25, -0.2) is 4.99 Å². The first-order chi connectivity index (χ1) is 8.66. The van der Waals surface area contributed by atoms with E-state index in [1.54, 1.807) is 12.1 Å². The van der Waals surface area contributed by atoms with E-state index in [0.29, 0.717) is 24.4 Å². The van der Waals surface area contributed by atoms with Crippen LogP contribution in [0.15, 0.2) is 29.3 Å². The average Bonchev–Trinajstić information content (AvgIpc) is 2.56. The molecule has 0 saturated carbocycles. The van der Waals surface area contributed by atoms with Crippen molar-refractivity contribution >= 4 is 23.0 Å². The molecule has 0 radical (unpaired) electrons. The molecule has 2 rings (SSSR count). The highest BCUT2D eigenvalue weighted by Crippen LogP contribution is 2.19. The van der Waals surface area contributed by atoms with Gasteiger partial charge in [0.25, 0.3) is 11.6 Å². The SMILES string of the molecule is O=C1NCCCCC1=Nc1ccc([N+](=O)[O-])cc1. The Morgan fingerprint density at radius 1 is 1.22 bits per heavy atom. The largest absolute Gasteiger partial charge is 0.351 e. The van der Waals surface area contributed by atoms with Crippen LogP contribution in [-0.2, 0) is 4.79 Å². The predicted molar refractivity (Wildman–Crippen MR) is 67.1 cm³/mol. The molecular weight excluding hydrogens is 234 g/mol. The Kier molecular flexibility index (Phi) is 3.66. The van der Waals surface area contributed by atoms with E-state index in [0.717, 1.165) is 12.8 Å². The Labute approximate surface area is 104 Å². The van der Waals surface area contributed by atoms with Crippen LogP contribution in [0, 0.1) is 10.1 Å². The van der Waals surface area contributed by atoms with Crippen LogP contribution in [0.25, 0.3) is 0 Å². The fourth-order valence-electron chi connectivity index (χ4n) is 1.75. The van der Waals surface area contributed by atoms with E-state index >= 15 is 0 Å². The number of rotatable bonds is 2. The highest BCUT2D eigenvalue weighted by atomic mass is 16.6. The van der Waals surface area contributed by atoms with E-state index < -0.39 is 4.92 Å². The van der Waals surface area contributed by atoms with Crippen LogP contribution in [0.4, 0.5) is 11.4 Å². The minimum Gasteiger partial charge on any atom is -0.351 e.